The Labute approximate surface area is 223 Å². The lowest BCUT2D eigenvalue weighted by Crippen LogP contribution is -2.54. The number of hydrogen-bond acceptors (Lipinski definition) is 6. The number of hydrogen-bond donors (Lipinski definition) is 1. The Morgan fingerprint density at radius 3 is 1.95 bits per heavy atom. The van der Waals surface area contributed by atoms with Gasteiger partial charge in [0, 0.05) is 24.4 Å². The van der Waals surface area contributed by atoms with Gasteiger partial charge in [-0.15, -0.1) is 0 Å². The molecule has 1 amide bonds. The van der Waals surface area contributed by atoms with Crippen molar-refractivity contribution in [3.63, 3.8) is 0 Å². The van der Waals surface area contributed by atoms with E-state index >= 15 is 0 Å². The summed E-state index contributed by atoms with van der Waals surface area (Å²) in [6.07, 6.45) is 3.72. The molecule has 1 aromatic carbocycles. The van der Waals surface area contributed by atoms with Crippen LogP contribution in [0.2, 0.25) is 0 Å². The maximum atomic E-state index is 13.4. The first-order valence-electron chi connectivity index (χ1n) is 13.5. The highest BCUT2D eigenvalue weighted by molar-refractivity contribution is 5.96. The molecule has 0 aliphatic carbocycles. The number of Topliss-reactive ketones (excluding diaryl/α,β-unsaturated/α-hetero) is 2. The Morgan fingerprint density at radius 1 is 0.892 bits per heavy atom. The van der Waals surface area contributed by atoms with Crippen molar-refractivity contribution in [1.29, 1.82) is 0 Å². The van der Waals surface area contributed by atoms with Gasteiger partial charge in [0.05, 0.1) is 25.0 Å². The Morgan fingerprint density at radius 2 is 1.46 bits per heavy atom. The summed E-state index contributed by atoms with van der Waals surface area (Å²) < 4.78 is 5.33. The Balaban J connectivity index is 2.71. The zero-order valence-electron chi connectivity index (χ0n) is 23.8. The van der Waals surface area contributed by atoms with Crippen LogP contribution in [-0.4, -0.2) is 57.7 Å². The maximum Gasteiger partial charge on any atom is 0.307 e. The van der Waals surface area contributed by atoms with E-state index < -0.39 is 36.0 Å². The van der Waals surface area contributed by atoms with Gasteiger partial charge in [-0.25, -0.2) is 0 Å². The number of unbranched alkanes of at least 4 members (excludes halogenated alkanes) is 3. The molecule has 0 saturated carbocycles. The second-order valence-corrected chi connectivity index (χ2v) is 11.4. The second-order valence-electron chi connectivity index (χ2n) is 11.4. The van der Waals surface area contributed by atoms with Crippen LogP contribution in [0, 0.1) is 11.8 Å². The first-order chi connectivity index (χ1) is 17.3. The largest absolute Gasteiger partial charge is 0.460 e. The van der Waals surface area contributed by atoms with Crippen molar-refractivity contribution < 1.29 is 29.0 Å². The second kappa shape index (κ2) is 15.7. The van der Waals surface area contributed by atoms with Crippen LogP contribution in [0.25, 0.3) is 0 Å². The highest BCUT2D eigenvalue weighted by atomic mass is 16.6. The molecule has 7 heteroatoms. The van der Waals surface area contributed by atoms with Crippen LogP contribution in [0.15, 0.2) is 30.3 Å². The fraction of sp³-hybridized carbons (Fsp3) is 0.667. The van der Waals surface area contributed by atoms with E-state index in [-0.39, 0.29) is 29.9 Å². The van der Waals surface area contributed by atoms with Gasteiger partial charge in [-0.1, -0.05) is 57.0 Å². The summed E-state index contributed by atoms with van der Waals surface area (Å²) >= 11 is 0. The number of carbonyl (C=O) groups is 4. The lowest BCUT2D eigenvalue weighted by atomic mass is 9.91. The fourth-order valence-electron chi connectivity index (χ4n) is 4.44. The molecular weight excluding hydrogens is 470 g/mol. The highest BCUT2D eigenvalue weighted by Crippen LogP contribution is 2.23. The molecule has 0 heterocycles. The number of benzene rings is 1. The third kappa shape index (κ3) is 11.6. The van der Waals surface area contributed by atoms with Crippen LogP contribution in [0.5, 0.6) is 0 Å². The standard InChI is InChI=1S/C30H47NO6/c1-21(2)28(26(34)18-14-9-8-13-17-25(33)23-15-11-10-12-16-23)31(22(3)4)29(36)24(20-32)19-27(35)37-30(5,6)7/h10-12,15-16,21-22,24,28,32H,8-9,13-14,17-20H2,1-7H3. The Bertz CT molecular complexity index is 872. The molecule has 2 atom stereocenters. The zero-order chi connectivity index (χ0) is 28.2. The predicted molar refractivity (Wildman–Crippen MR) is 145 cm³/mol. The molecule has 0 saturated heterocycles. The van der Waals surface area contributed by atoms with Crippen molar-refractivity contribution in [1.82, 2.24) is 4.90 Å². The molecule has 0 aromatic heterocycles. The quantitative estimate of drug-likeness (QED) is 0.179. The fourth-order valence-corrected chi connectivity index (χ4v) is 4.44. The topological polar surface area (TPSA) is 101 Å². The van der Waals surface area contributed by atoms with E-state index in [1.807, 2.05) is 58.0 Å². The van der Waals surface area contributed by atoms with Crippen LogP contribution < -0.4 is 0 Å². The zero-order valence-corrected chi connectivity index (χ0v) is 23.8. The first kappa shape index (κ1) is 32.5. The third-order valence-electron chi connectivity index (χ3n) is 6.15. The van der Waals surface area contributed by atoms with Crippen LogP contribution in [0.3, 0.4) is 0 Å². The van der Waals surface area contributed by atoms with E-state index in [1.54, 1.807) is 20.8 Å². The van der Waals surface area contributed by atoms with E-state index in [4.69, 9.17) is 4.74 Å². The number of amides is 1. The molecule has 0 spiro atoms. The molecule has 37 heavy (non-hydrogen) atoms. The van der Waals surface area contributed by atoms with Gasteiger partial charge in [0.15, 0.2) is 11.6 Å². The van der Waals surface area contributed by atoms with Crippen molar-refractivity contribution >= 4 is 23.4 Å². The highest BCUT2D eigenvalue weighted by Gasteiger charge is 2.37. The Hall–Kier alpha value is -2.54. The number of ether oxygens (including phenoxy) is 1. The molecule has 2 unspecified atom stereocenters. The molecule has 208 valence electrons. The average molecular weight is 518 g/mol. The number of aliphatic hydroxyl groups excluding tert-OH is 1. The molecule has 0 radical (unpaired) electrons. The van der Waals surface area contributed by atoms with Crippen LogP contribution in [-0.2, 0) is 19.1 Å². The minimum absolute atomic E-state index is 0.0219. The monoisotopic (exact) mass is 517 g/mol. The first-order valence-corrected chi connectivity index (χ1v) is 13.5. The van der Waals surface area contributed by atoms with Crippen molar-refractivity contribution in [2.24, 2.45) is 11.8 Å². The summed E-state index contributed by atoms with van der Waals surface area (Å²) in [5.41, 5.74) is 0.0344. The smallest absolute Gasteiger partial charge is 0.307 e. The summed E-state index contributed by atoms with van der Waals surface area (Å²) in [4.78, 5) is 52.8. The van der Waals surface area contributed by atoms with E-state index in [1.165, 1.54) is 4.90 Å². The molecule has 1 N–H and O–H groups in total. The molecule has 0 fully saturated rings. The molecule has 1 rings (SSSR count). The third-order valence-corrected chi connectivity index (χ3v) is 6.15. The van der Waals surface area contributed by atoms with Crippen molar-refractivity contribution in [3.05, 3.63) is 35.9 Å². The van der Waals surface area contributed by atoms with Crippen LogP contribution in [0.1, 0.15) is 104 Å². The number of nitrogens with zero attached hydrogens (tertiary/aromatic N) is 1. The van der Waals surface area contributed by atoms with Gasteiger partial charge in [-0.2, -0.15) is 0 Å². The Kier molecular flexibility index (Phi) is 13.7. The number of rotatable bonds is 16. The average Bonchev–Trinajstić information content (AvgIpc) is 2.81. The normalized spacial score (nSPS) is 13.4. The molecule has 0 aliphatic rings. The molecular formula is C30H47NO6. The summed E-state index contributed by atoms with van der Waals surface area (Å²) in [5, 5.41) is 9.90. The summed E-state index contributed by atoms with van der Waals surface area (Å²) in [6.45, 7) is 12.2. The predicted octanol–water partition coefficient (Wildman–Crippen LogP) is 5.38. The number of esters is 1. The van der Waals surface area contributed by atoms with Gasteiger partial charge >= 0.3 is 5.97 Å². The van der Waals surface area contributed by atoms with E-state index in [0.29, 0.717) is 19.3 Å². The molecule has 7 nitrogen and oxygen atoms in total. The summed E-state index contributed by atoms with van der Waals surface area (Å²) in [7, 11) is 0. The van der Waals surface area contributed by atoms with Crippen molar-refractivity contribution in [2.75, 3.05) is 6.61 Å². The lowest BCUT2D eigenvalue weighted by Gasteiger charge is -2.38. The van der Waals surface area contributed by atoms with E-state index in [9.17, 15) is 24.3 Å². The summed E-state index contributed by atoms with van der Waals surface area (Å²) in [5.74, 6) is -1.94. The lowest BCUT2D eigenvalue weighted by molar-refractivity contribution is -0.160. The van der Waals surface area contributed by atoms with Crippen LogP contribution >= 0.6 is 0 Å². The van der Waals surface area contributed by atoms with Gasteiger partial charge in [-0.3, -0.25) is 19.2 Å². The van der Waals surface area contributed by atoms with Gasteiger partial charge < -0.3 is 14.7 Å². The van der Waals surface area contributed by atoms with Gasteiger partial charge in [0.2, 0.25) is 5.91 Å². The van der Waals surface area contributed by atoms with E-state index in [2.05, 4.69) is 0 Å². The minimum Gasteiger partial charge on any atom is -0.460 e. The number of ketones is 2. The van der Waals surface area contributed by atoms with Gasteiger partial charge in [-0.05, 0) is 53.4 Å². The number of aliphatic hydroxyl groups is 1. The maximum absolute atomic E-state index is 13.4. The SMILES string of the molecule is CC(C)C(C(=O)CCCCCCC(=O)c1ccccc1)N(C(=O)C(CO)CC(=O)OC(C)(C)C)C(C)C. The minimum atomic E-state index is -0.964. The molecule has 1 aromatic rings. The van der Waals surface area contributed by atoms with Crippen molar-refractivity contribution in [3.8, 4) is 0 Å². The van der Waals surface area contributed by atoms with Gasteiger partial charge in [0.1, 0.15) is 5.60 Å². The summed E-state index contributed by atoms with van der Waals surface area (Å²) in [6, 6.07) is 8.33. The van der Waals surface area contributed by atoms with Gasteiger partial charge in [0.25, 0.3) is 0 Å². The molecule has 0 aliphatic heterocycles. The van der Waals surface area contributed by atoms with Crippen molar-refractivity contribution in [2.45, 2.75) is 111 Å². The van der Waals surface area contributed by atoms with E-state index in [0.717, 1.165) is 24.8 Å². The number of carbonyl (C=O) groups excluding carboxylic acids is 4. The van der Waals surface area contributed by atoms with Crippen LogP contribution in [0.4, 0.5) is 0 Å². The molecule has 0 bridgehead atoms.